The van der Waals surface area contributed by atoms with Gasteiger partial charge in [-0.1, -0.05) is 17.7 Å². The molecule has 148 valence electrons. The lowest BCUT2D eigenvalue weighted by atomic mass is 10.1. The molecule has 1 unspecified atom stereocenters. The van der Waals surface area contributed by atoms with Crippen LogP contribution >= 0.6 is 11.3 Å². The number of aryl methyl sites for hydroxylation is 1. The van der Waals surface area contributed by atoms with E-state index in [9.17, 15) is 9.59 Å². The Morgan fingerprint density at radius 1 is 1.29 bits per heavy atom. The second-order valence-corrected chi connectivity index (χ2v) is 8.12. The number of rotatable bonds is 5. The number of aromatic nitrogens is 1. The number of morpholine rings is 1. The van der Waals surface area contributed by atoms with Crippen molar-refractivity contribution < 1.29 is 14.3 Å². The number of benzene rings is 1. The summed E-state index contributed by atoms with van der Waals surface area (Å²) < 4.78 is 5.36. The molecule has 0 bridgehead atoms. The lowest BCUT2D eigenvalue weighted by molar-refractivity contribution is -0.122. The number of ether oxygens (including phenoxy) is 1. The van der Waals surface area contributed by atoms with Crippen molar-refractivity contribution in [1.82, 2.24) is 9.88 Å². The molecule has 2 aliphatic rings. The van der Waals surface area contributed by atoms with Gasteiger partial charge >= 0.3 is 0 Å². The van der Waals surface area contributed by atoms with E-state index in [1.54, 1.807) is 4.90 Å². The first-order valence-corrected chi connectivity index (χ1v) is 10.4. The SMILES string of the molecule is Cc1ccc(N2CC(C(=O)Nc3nc(CN4CCOCC4)cs3)CC2=O)cc1. The molecule has 1 N–H and O–H groups in total. The van der Waals surface area contributed by atoms with E-state index in [1.807, 2.05) is 36.6 Å². The van der Waals surface area contributed by atoms with Crippen molar-refractivity contribution in [2.75, 3.05) is 43.1 Å². The van der Waals surface area contributed by atoms with E-state index in [2.05, 4.69) is 15.2 Å². The smallest absolute Gasteiger partial charge is 0.231 e. The highest BCUT2D eigenvalue weighted by Gasteiger charge is 2.35. The summed E-state index contributed by atoms with van der Waals surface area (Å²) in [5.74, 6) is -0.522. The van der Waals surface area contributed by atoms with Gasteiger partial charge < -0.3 is 15.0 Å². The van der Waals surface area contributed by atoms with Gasteiger partial charge in [0.05, 0.1) is 24.8 Å². The minimum Gasteiger partial charge on any atom is -0.379 e. The average Bonchev–Trinajstić information content (AvgIpc) is 3.30. The maximum atomic E-state index is 12.6. The largest absolute Gasteiger partial charge is 0.379 e. The van der Waals surface area contributed by atoms with Gasteiger partial charge in [-0.05, 0) is 19.1 Å². The summed E-state index contributed by atoms with van der Waals surface area (Å²) >= 11 is 1.43. The molecule has 0 aliphatic carbocycles. The highest BCUT2D eigenvalue weighted by atomic mass is 32.1. The Labute approximate surface area is 168 Å². The third-order valence-corrected chi connectivity index (χ3v) is 5.92. The molecule has 0 spiro atoms. The summed E-state index contributed by atoms with van der Waals surface area (Å²) in [6.07, 6.45) is 0.228. The quantitative estimate of drug-likeness (QED) is 0.833. The predicted octanol–water partition coefficient (Wildman–Crippen LogP) is 2.28. The van der Waals surface area contributed by atoms with Gasteiger partial charge in [-0.3, -0.25) is 14.5 Å². The van der Waals surface area contributed by atoms with Gasteiger partial charge in [0.1, 0.15) is 0 Å². The van der Waals surface area contributed by atoms with Crippen LogP contribution in [0.15, 0.2) is 29.6 Å². The van der Waals surface area contributed by atoms with Gasteiger partial charge in [0.2, 0.25) is 11.8 Å². The lowest BCUT2D eigenvalue weighted by Crippen LogP contribution is -2.35. The molecule has 28 heavy (non-hydrogen) atoms. The Balaban J connectivity index is 1.34. The monoisotopic (exact) mass is 400 g/mol. The van der Waals surface area contributed by atoms with Crippen LogP contribution in [-0.2, 0) is 20.9 Å². The van der Waals surface area contributed by atoms with E-state index in [1.165, 1.54) is 11.3 Å². The van der Waals surface area contributed by atoms with Crippen molar-refractivity contribution in [3.05, 3.63) is 40.9 Å². The fraction of sp³-hybridized carbons (Fsp3) is 0.450. The summed E-state index contributed by atoms with van der Waals surface area (Å²) in [6, 6.07) is 7.79. The molecule has 1 atom stereocenters. The predicted molar refractivity (Wildman–Crippen MR) is 108 cm³/mol. The van der Waals surface area contributed by atoms with Crippen molar-refractivity contribution in [2.45, 2.75) is 19.9 Å². The van der Waals surface area contributed by atoms with E-state index in [-0.39, 0.29) is 24.2 Å². The zero-order valence-electron chi connectivity index (χ0n) is 15.9. The molecule has 2 fully saturated rings. The average molecular weight is 401 g/mol. The molecule has 8 heteroatoms. The van der Waals surface area contributed by atoms with Crippen LogP contribution in [0.5, 0.6) is 0 Å². The van der Waals surface area contributed by atoms with E-state index in [0.29, 0.717) is 11.7 Å². The van der Waals surface area contributed by atoms with Gasteiger partial charge in [0.15, 0.2) is 5.13 Å². The third kappa shape index (κ3) is 4.40. The summed E-state index contributed by atoms with van der Waals surface area (Å²) in [4.78, 5) is 33.5. The number of nitrogens with one attached hydrogen (secondary N) is 1. The molecule has 0 radical (unpaired) electrons. The minimum atomic E-state index is -0.361. The van der Waals surface area contributed by atoms with Crippen molar-refractivity contribution in [3.8, 4) is 0 Å². The zero-order valence-corrected chi connectivity index (χ0v) is 16.7. The van der Waals surface area contributed by atoms with Crippen molar-refractivity contribution >= 4 is 34.0 Å². The number of amides is 2. The zero-order chi connectivity index (χ0) is 19.5. The summed E-state index contributed by atoms with van der Waals surface area (Å²) in [6.45, 7) is 6.48. The van der Waals surface area contributed by atoms with Crippen LogP contribution in [0.4, 0.5) is 10.8 Å². The molecule has 2 aliphatic heterocycles. The van der Waals surface area contributed by atoms with Crippen LogP contribution in [0.25, 0.3) is 0 Å². The second-order valence-electron chi connectivity index (χ2n) is 7.26. The van der Waals surface area contributed by atoms with Crippen LogP contribution < -0.4 is 10.2 Å². The maximum Gasteiger partial charge on any atom is 0.231 e. The number of thiazole rings is 1. The van der Waals surface area contributed by atoms with Gasteiger partial charge in [-0.2, -0.15) is 0 Å². The number of hydrogen-bond acceptors (Lipinski definition) is 6. The number of anilines is 2. The minimum absolute atomic E-state index is 0.0175. The highest BCUT2D eigenvalue weighted by molar-refractivity contribution is 7.13. The van der Waals surface area contributed by atoms with E-state index >= 15 is 0 Å². The standard InChI is InChI=1S/C20H24N4O3S/c1-14-2-4-17(5-3-14)24-11-15(10-18(24)25)19(26)22-20-21-16(13-28-20)12-23-6-8-27-9-7-23/h2-5,13,15H,6-12H2,1H3,(H,21,22,26). The first-order valence-electron chi connectivity index (χ1n) is 9.51. The fourth-order valence-corrected chi connectivity index (χ4v) is 4.19. The van der Waals surface area contributed by atoms with Crippen molar-refractivity contribution in [1.29, 1.82) is 0 Å². The van der Waals surface area contributed by atoms with Crippen molar-refractivity contribution in [3.63, 3.8) is 0 Å². The van der Waals surface area contributed by atoms with Crippen LogP contribution in [0.1, 0.15) is 17.7 Å². The van der Waals surface area contributed by atoms with Gasteiger partial charge in [0.25, 0.3) is 0 Å². The summed E-state index contributed by atoms with van der Waals surface area (Å²) in [5, 5.41) is 5.46. The first-order chi connectivity index (χ1) is 13.6. The Morgan fingerprint density at radius 3 is 2.79 bits per heavy atom. The molecule has 7 nitrogen and oxygen atoms in total. The molecule has 1 aromatic heterocycles. The topological polar surface area (TPSA) is 74.8 Å². The number of carbonyl (C=O) groups excluding carboxylic acids is 2. The Bertz CT molecular complexity index is 845. The molecule has 0 saturated carbocycles. The molecule has 4 rings (SSSR count). The van der Waals surface area contributed by atoms with Crippen LogP contribution in [0.3, 0.4) is 0 Å². The number of carbonyl (C=O) groups is 2. The number of hydrogen-bond donors (Lipinski definition) is 1. The Morgan fingerprint density at radius 2 is 2.04 bits per heavy atom. The molecular formula is C20H24N4O3S. The highest BCUT2D eigenvalue weighted by Crippen LogP contribution is 2.27. The molecule has 2 amide bonds. The van der Waals surface area contributed by atoms with E-state index < -0.39 is 0 Å². The number of nitrogens with zero attached hydrogens (tertiary/aromatic N) is 3. The maximum absolute atomic E-state index is 12.6. The normalized spacial score (nSPS) is 20.5. The molecular weight excluding hydrogens is 376 g/mol. The van der Waals surface area contributed by atoms with Crippen LogP contribution in [0.2, 0.25) is 0 Å². The van der Waals surface area contributed by atoms with Gasteiger partial charge in [-0.15, -0.1) is 11.3 Å². The fourth-order valence-electron chi connectivity index (χ4n) is 3.49. The molecule has 2 saturated heterocycles. The van der Waals surface area contributed by atoms with Crippen LogP contribution in [-0.4, -0.2) is 54.5 Å². The summed E-state index contributed by atoms with van der Waals surface area (Å²) in [7, 11) is 0. The van der Waals surface area contributed by atoms with E-state index in [0.717, 1.165) is 49.8 Å². The summed E-state index contributed by atoms with van der Waals surface area (Å²) in [5.41, 5.74) is 2.93. The molecule has 1 aromatic carbocycles. The molecule has 3 heterocycles. The lowest BCUT2D eigenvalue weighted by Gasteiger charge is -2.25. The van der Waals surface area contributed by atoms with Crippen LogP contribution in [0, 0.1) is 12.8 Å². The third-order valence-electron chi connectivity index (χ3n) is 5.11. The second kappa shape index (κ2) is 8.38. The van der Waals surface area contributed by atoms with Gasteiger partial charge in [-0.25, -0.2) is 4.98 Å². The van der Waals surface area contributed by atoms with E-state index in [4.69, 9.17) is 4.74 Å². The molecule has 2 aromatic rings. The van der Waals surface area contributed by atoms with Gasteiger partial charge in [0, 0.05) is 43.7 Å². The first kappa shape index (κ1) is 19.0. The van der Waals surface area contributed by atoms with Crippen molar-refractivity contribution in [2.24, 2.45) is 5.92 Å². The Hall–Kier alpha value is -2.29. The Kier molecular flexibility index (Phi) is 5.70.